The number of hydrogen-bond acceptors (Lipinski definition) is 2. The number of hydrogen-bond donors (Lipinski definition) is 0. The molecule has 1 atom stereocenters. The van der Waals surface area contributed by atoms with Crippen molar-refractivity contribution in [1.82, 2.24) is 9.55 Å². The monoisotopic (exact) mass is 254 g/mol. The van der Waals surface area contributed by atoms with Gasteiger partial charge in [-0.1, -0.05) is 36.8 Å². The summed E-state index contributed by atoms with van der Waals surface area (Å²) < 4.78 is 2.18. The van der Waals surface area contributed by atoms with Crippen LogP contribution in [0.5, 0.6) is 0 Å². The minimum Gasteiger partial charge on any atom is -0.327 e. The summed E-state index contributed by atoms with van der Waals surface area (Å²) in [4.78, 5) is 16.3. The average Bonchev–Trinajstić information content (AvgIpc) is 2.83. The van der Waals surface area contributed by atoms with E-state index in [1.807, 2.05) is 30.6 Å². The van der Waals surface area contributed by atoms with E-state index in [2.05, 4.69) is 21.7 Å². The van der Waals surface area contributed by atoms with Crippen molar-refractivity contribution in [2.45, 2.75) is 38.1 Å². The maximum absolute atomic E-state index is 11.8. The molecule has 1 fully saturated rings. The number of carbonyl (C=O) groups is 1. The Balaban J connectivity index is 1.93. The SMILES string of the molecule is O=C1CCCCC(n2ccnc2-c2ccccc2)C1. The van der Waals surface area contributed by atoms with E-state index in [0.717, 1.165) is 37.1 Å². The normalized spacial score (nSPS) is 20.2. The van der Waals surface area contributed by atoms with Gasteiger partial charge < -0.3 is 4.57 Å². The average molecular weight is 254 g/mol. The molecule has 0 aliphatic heterocycles. The molecule has 1 aliphatic rings. The molecule has 0 spiro atoms. The number of rotatable bonds is 2. The second kappa shape index (κ2) is 5.39. The van der Waals surface area contributed by atoms with E-state index in [0.29, 0.717) is 12.2 Å². The maximum Gasteiger partial charge on any atom is 0.140 e. The highest BCUT2D eigenvalue weighted by Crippen LogP contribution is 2.29. The van der Waals surface area contributed by atoms with Crippen molar-refractivity contribution in [1.29, 1.82) is 0 Å². The van der Waals surface area contributed by atoms with E-state index in [9.17, 15) is 4.79 Å². The molecule has 0 amide bonds. The van der Waals surface area contributed by atoms with Crippen LogP contribution < -0.4 is 0 Å². The second-order valence-corrected chi connectivity index (χ2v) is 5.17. The van der Waals surface area contributed by atoms with Gasteiger partial charge in [-0.3, -0.25) is 4.79 Å². The Morgan fingerprint density at radius 1 is 1.16 bits per heavy atom. The summed E-state index contributed by atoms with van der Waals surface area (Å²) in [5.41, 5.74) is 1.11. The van der Waals surface area contributed by atoms with E-state index >= 15 is 0 Å². The van der Waals surface area contributed by atoms with Crippen molar-refractivity contribution in [3.8, 4) is 11.4 Å². The van der Waals surface area contributed by atoms with Crippen LogP contribution in [0, 0.1) is 0 Å². The van der Waals surface area contributed by atoms with Gasteiger partial charge in [0, 0.05) is 36.8 Å². The third-order valence-corrected chi connectivity index (χ3v) is 3.80. The van der Waals surface area contributed by atoms with Gasteiger partial charge in [0.15, 0.2) is 0 Å². The standard InChI is InChI=1S/C16H18N2O/c19-15-9-5-4-8-14(12-15)18-11-10-17-16(18)13-6-2-1-3-7-13/h1-3,6-7,10-11,14H,4-5,8-9,12H2. The van der Waals surface area contributed by atoms with E-state index in [1.165, 1.54) is 0 Å². The van der Waals surface area contributed by atoms with E-state index in [4.69, 9.17) is 0 Å². The molecule has 3 nitrogen and oxygen atoms in total. The van der Waals surface area contributed by atoms with Gasteiger partial charge in [-0.05, 0) is 12.8 Å². The van der Waals surface area contributed by atoms with Gasteiger partial charge in [0.2, 0.25) is 0 Å². The van der Waals surface area contributed by atoms with Crippen LogP contribution in [0.4, 0.5) is 0 Å². The lowest BCUT2D eigenvalue weighted by Gasteiger charge is -2.18. The number of benzene rings is 1. The fourth-order valence-corrected chi connectivity index (χ4v) is 2.83. The summed E-state index contributed by atoms with van der Waals surface area (Å²) in [6.07, 6.45) is 8.46. The summed E-state index contributed by atoms with van der Waals surface area (Å²) in [6, 6.07) is 10.5. The minimum absolute atomic E-state index is 0.271. The third-order valence-electron chi connectivity index (χ3n) is 3.80. The van der Waals surface area contributed by atoms with Crippen molar-refractivity contribution in [3.05, 3.63) is 42.7 Å². The first-order valence-electron chi connectivity index (χ1n) is 6.94. The zero-order chi connectivity index (χ0) is 13.1. The molecule has 2 aromatic rings. The number of Topliss-reactive ketones (excluding diaryl/α,β-unsaturated/α-hetero) is 1. The molecule has 0 N–H and O–H groups in total. The van der Waals surface area contributed by atoms with Crippen molar-refractivity contribution < 1.29 is 4.79 Å². The molecule has 1 aromatic carbocycles. The molecule has 0 radical (unpaired) electrons. The van der Waals surface area contributed by atoms with Crippen LogP contribution in [0.3, 0.4) is 0 Å². The molecule has 1 aromatic heterocycles. The Morgan fingerprint density at radius 3 is 2.84 bits per heavy atom. The van der Waals surface area contributed by atoms with Crippen LogP contribution in [0.25, 0.3) is 11.4 Å². The molecule has 0 bridgehead atoms. The van der Waals surface area contributed by atoms with Gasteiger partial charge in [-0.2, -0.15) is 0 Å². The van der Waals surface area contributed by atoms with Crippen LogP contribution in [-0.2, 0) is 4.79 Å². The molecule has 1 heterocycles. The summed E-state index contributed by atoms with van der Waals surface area (Å²) >= 11 is 0. The van der Waals surface area contributed by atoms with Gasteiger partial charge >= 0.3 is 0 Å². The van der Waals surface area contributed by atoms with Gasteiger partial charge in [-0.15, -0.1) is 0 Å². The molecular formula is C16H18N2O. The van der Waals surface area contributed by atoms with E-state index in [1.54, 1.807) is 0 Å². The number of nitrogens with zero attached hydrogens (tertiary/aromatic N) is 2. The fraction of sp³-hybridized carbons (Fsp3) is 0.375. The Bertz CT molecular complexity index is 559. The highest BCUT2D eigenvalue weighted by atomic mass is 16.1. The molecule has 0 saturated heterocycles. The number of carbonyl (C=O) groups excluding carboxylic acids is 1. The van der Waals surface area contributed by atoms with Gasteiger partial charge in [-0.25, -0.2) is 4.98 Å². The number of aromatic nitrogens is 2. The number of ketones is 1. The van der Waals surface area contributed by atoms with Gasteiger partial charge in [0.25, 0.3) is 0 Å². The highest BCUT2D eigenvalue weighted by Gasteiger charge is 2.21. The first-order valence-corrected chi connectivity index (χ1v) is 6.94. The van der Waals surface area contributed by atoms with Crippen LogP contribution in [0.1, 0.15) is 38.1 Å². The van der Waals surface area contributed by atoms with Crippen molar-refractivity contribution in [3.63, 3.8) is 0 Å². The van der Waals surface area contributed by atoms with E-state index < -0.39 is 0 Å². The lowest BCUT2D eigenvalue weighted by atomic mass is 10.1. The Morgan fingerprint density at radius 2 is 2.00 bits per heavy atom. The van der Waals surface area contributed by atoms with Gasteiger partial charge in [0.05, 0.1) is 0 Å². The molecule has 3 rings (SSSR count). The highest BCUT2D eigenvalue weighted by molar-refractivity contribution is 5.79. The van der Waals surface area contributed by atoms with Crippen molar-refractivity contribution in [2.75, 3.05) is 0 Å². The molecular weight excluding hydrogens is 236 g/mol. The van der Waals surface area contributed by atoms with Crippen molar-refractivity contribution >= 4 is 5.78 Å². The fourth-order valence-electron chi connectivity index (χ4n) is 2.83. The quantitative estimate of drug-likeness (QED) is 0.767. The molecule has 98 valence electrons. The van der Waals surface area contributed by atoms with Gasteiger partial charge in [0.1, 0.15) is 11.6 Å². The lowest BCUT2D eigenvalue weighted by molar-refractivity contribution is -0.119. The predicted octanol–water partition coefficient (Wildman–Crippen LogP) is 3.62. The lowest BCUT2D eigenvalue weighted by Crippen LogP contribution is -2.12. The molecule has 1 unspecified atom stereocenters. The molecule has 19 heavy (non-hydrogen) atoms. The first-order chi connectivity index (χ1) is 9.34. The Kier molecular flexibility index (Phi) is 3.45. The topological polar surface area (TPSA) is 34.9 Å². The smallest absolute Gasteiger partial charge is 0.140 e. The van der Waals surface area contributed by atoms with Crippen LogP contribution in [0.2, 0.25) is 0 Å². The largest absolute Gasteiger partial charge is 0.327 e. The van der Waals surface area contributed by atoms with Crippen molar-refractivity contribution in [2.24, 2.45) is 0 Å². The third kappa shape index (κ3) is 2.60. The zero-order valence-corrected chi connectivity index (χ0v) is 11.0. The Labute approximate surface area is 113 Å². The van der Waals surface area contributed by atoms with Crippen LogP contribution in [0.15, 0.2) is 42.7 Å². The second-order valence-electron chi connectivity index (χ2n) is 5.17. The van der Waals surface area contributed by atoms with Crippen LogP contribution >= 0.6 is 0 Å². The summed E-state index contributed by atoms with van der Waals surface area (Å²) in [5, 5.41) is 0. The molecule has 1 saturated carbocycles. The predicted molar refractivity (Wildman–Crippen MR) is 74.8 cm³/mol. The summed E-state index contributed by atoms with van der Waals surface area (Å²) in [7, 11) is 0. The molecule has 3 heteroatoms. The first kappa shape index (κ1) is 12.2. The summed E-state index contributed by atoms with van der Waals surface area (Å²) in [5.74, 6) is 1.36. The van der Waals surface area contributed by atoms with Crippen LogP contribution in [-0.4, -0.2) is 15.3 Å². The minimum atomic E-state index is 0.271. The van der Waals surface area contributed by atoms with E-state index in [-0.39, 0.29) is 6.04 Å². The summed E-state index contributed by atoms with van der Waals surface area (Å²) in [6.45, 7) is 0. The molecule has 1 aliphatic carbocycles. The number of imidazole rings is 1. The Hall–Kier alpha value is -1.90. The maximum atomic E-state index is 11.8. The zero-order valence-electron chi connectivity index (χ0n) is 11.0.